The first kappa shape index (κ1) is 14.7. The molecule has 3 atom stereocenters. The Labute approximate surface area is 132 Å². The minimum absolute atomic E-state index is 0.629. The van der Waals surface area contributed by atoms with E-state index in [9.17, 15) is 0 Å². The lowest BCUT2D eigenvalue weighted by molar-refractivity contribution is 0.0547. The fraction of sp³-hybridized carbons (Fsp3) is 0.647. The van der Waals surface area contributed by atoms with Crippen LogP contribution in [0.5, 0.6) is 0 Å². The molecule has 1 aromatic rings. The summed E-state index contributed by atoms with van der Waals surface area (Å²) in [6, 6.07) is 6.97. The first-order valence-electron chi connectivity index (χ1n) is 7.89. The van der Waals surface area contributed by atoms with Crippen molar-refractivity contribution in [1.29, 1.82) is 0 Å². The van der Waals surface area contributed by atoms with Gasteiger partial charge in [-0.05, 0) is 56.0 Å². The number of piperidine rings is 2. The second kappa shape index (κ2) is 6.25. The summed E-state index contributed by atoms with van der Waals surface area (Å²) >= 11 is 12.3. The molecule has 0 aliphatic carbocycles. The van der Waals surface area contributed by atoms with Gasteiger partial charge >= 0.3 is 0 Å². The highest BCUT2D eigenvalue weighted by molar-refractivity contribution is 6.42. The molecule has 0 aromatic heterocycles. The molecule has 3 rings (SSSR count). The minimum atomic E-state index is 0.629. The van der Waals surface area contributed by atoms with Crippen LogP contribution < -0.4 is 0 Å². The van der Waals surface area contributed by atoms with Crippen molar-refractivity contribution in [2.24, 2.45) is 5.92 Å². The number of fused-ring (bicyclic) bond motifs is 1. The average Bonchev–Trinajstić information content (AvgIpc) is 2.49. The number of hydrogen-bond donors (Lipinski definition) is 0. The highest BCUT2D eigenvalue weighted by atomic mass is 35.5. The van der Waals surface area contributed by atoms with Gasteiger partial charge in [-0.2, -0.15) is 0 Å². The average molecular weight is 312 g/mol. The number of nitrogens with zero attached hydrogens (tertiary/aromatic N) is 1. The molecule has 0 spiro atoms. The van der Waals surface area contributed by atoms with Crippen molar-refractivity contribution in [2.45, 2.75) is 51.0 Å². The topological polar surface area (TPSA) is 3.24 Å². The molecular formula is C17H23Cl2N. The molecule has 0 radical (unpaired) electrons. The largest absolute Gasteiger partial charge is 0.300 e. The van der Waals surface area contributed by atoms with E-state index in [1.54, 1.807) is 0 Å². The Morgan fingerprint density at radius 1 is 1.10 bits per heavy atom. The van der Waals surface area contributed by atoms with Gasteiger partial charge in [0.05, 0.1) is 10.0 Å². The lowest BCUT2D eigenvalue weighted by Gasteiger charge is -2.48. The highest BCUT2D eigenvalue weighted by Gasteiger charge is 2.39. The summed E-state index contributed by atoms with van der Waals surface area (Å²) in [5, 5.41) is 1.37. The van der Waals surface area contributed by atoms with Gasteiger partial charge in [0, 0.05) is 12.0 Å². The van der Waals surface area contributed by atoms with Crippen LogP contribution in [0.15, 0.2) is 18.2 Å². The van der Waals surface area contributed by atoms with Crippen LogP contribution in [0.4, 0.5) is 0 Å². The fourth-order valence-electron chi connectivity index (χ4n) is 4.20. The zero-order chi connectivity index (χ0) is 14.1. The number of hydrogen-bond acceptors (Lipinski definition) is 1. The Kier molecular flexibility index (Phi) is 4.59. The van der Waals surface area contributed by atoms with Crippen molar-refractivity contribution in [3.8, 4) is 0 Å². The molecule has 110 valence electrons. The summed E-state index contributed by atoms with van der Waals surface area (Å²) < 4.78 is 0. The van der Waals surface area contributed by atoms with Crippen LogP contribution in [0.25, 0.3) is 0 Å². The molecule has 0 amide bonds. The number of rotatable bonds is 2. The van der Waals surface area contributed by atoms with Crippen molar-refractivity contribution < 1.29 is 0 Å². The van der Waals surface area contributed by atoms with Crippen molar-refractivity contribution in [3.63, 3.8) is 0 Å². The van der Waals surface area contributed by atoms with Crippen LogP contribution in [0, 0.1) is 5.92 Å². The molecular weight excluding hydrogens is 289 g/mol. The van der Waals surface area contributed by atoms with Gasteiger partial charge in [0.25, 0.3) is 0 Å². The van der Waals surface area contributed by atoms with E-state index in [4.69, 9.17) is 23.2 Å². The van der Waals surface area contributed by atoms with Gasteiger partial charge in [-0.25, -0.2) is 0 Å². The zero-order valence-corrected chi connectivity index (χ0v) is 13.6. The maximum atomic E-state index is 6.25. The fourth-order valence-corrected chi connectivity index (χ4v) is 4.51. The Bertz CT molecular complexity index is 474. The molecule has 3 heteroatoms. The van der Waals surface area contributed by atoms with Gasteiger partial charge in [-0.1, -0.05) is 49.0 Å². The first-order chi connectivity index (χ1) is 9.70. The summed E-state index contributed by atoms with van der Waals surface area (Å²) in [4.78, 5) is 2.71. The Balaban J connectivity index is 1.94. The molecule has 3 unspecified atom stereocenters. The summed E-state index contributed by atoms with van der Waals surface area (Å²) in [6.45, 7) is 4.88. The van der Waals surface area contributed by atoms with E-state index in [2.05, 4.69) is 24.0 Å². The van der Waals surface area contributed by atoms with E-state index in [-0.39, 0.29) is 0 Å². The molecule has 2 aliphatic heterocycles. The smallest absolute Gasteiger partial charge is 0.0595 e. The van der Waals surface area contributed by atoms with E-state index >= 15 is 0 Å². The summed E-state index contributed by atoms with van der Waals surface area (Å²) in [5.41, 5.74) is 1.39. The third-order valence-electron chi connectivity index (χ3n) is 5.23. The van der Waals surface area contributed by atoms with E-state index in [0.29, 0.717) is 22.0 Å². The van der Waals surface area contributed by atoms with Crippen molar-refractivity contribution in [1.82, 2.24) is 4.90 Å². The Morgan fingerprint density at radius 3 is 2.70 bits per heavy atom. The van der Waals surface area contributed by atoms with Crippen LogP contribution in [-0.4, -0.2) is 24.0 Å². The standard InChI is InChI=1S/C17H23Cl2N/c1-2-12-8-10-20-9-4-3-5-16(20)17(12)13-6-7-14(18)15(19)11-13/h6-7,11-12,16-17H,2-5,8-10H2,1H3. The number of benzene rings is 1. The van der Waals surface area contributed by atoms with Gasteiger partial charge < -0.3 is 0 Å². The molecule has 20 heavy (non-hydrogen) atoms. The van der Waals surface area contributed by atoms with Gasteiger partial charge in [0.1, 0.15) is 0 Å². The van der Waals surface area contributed by atoms with Gasteiger partial charge in [0.2, 0.25) is 0 Å². The second-order valence-corrected chi connectivity index (χ2v) is 7.07. The van der Waals surface area contributed by atoms with Gasteiger partial charge in [0.15, 0.2) is 0 Å². The van der Waals surface area contributed by atoms with E-state index in [0.717, 1.165) is 5.92 Å². The predicted octanol–water partition coefficient (Wildman–Crippen LogP) is 5.36. The third-order valence-corrected chi connectivity index (χ3v) is 5.97. The summed E-state index contributed by atoms with van der Waals surface area (Å²) in [7, 11) is 0. The molecule has 2 aliphatic rings. The lowest BCUT2D eigenvalue weighted by atomic mass is 9.72. The minimum Gasteiger partial charge on any atom is -0.300 e. The maximum absolute atomic E-state index is 6.25. The number of halogens is 2. The van der Waals surface area contributed by atoms with Crippen LogP contribution in [0.2, 0.25) is 10.0 Å². The molecule has 2 fully saturated rings. The molecule has 0 N–H and O–H groups in total. The zero-order valence-electron chi connectivity index (χ0n) is 12.1. The molecule has 2 saturated heterocycles. The van der Waals surface area contributed by atoms with Crippen LogP contribution >= 0.6 is 23.2 Å². The molecule has 0 saturated carbocycles. The second-order valence-electron chi connectivity index (χ2n) is 6.26. The van der Waals surface area contributed by atoms with Crippen LogP contribution in [-0.2, 0) is 0 Å². The lowest BCUT2D eigenvalue weighted by Crippen LogP contribution is -2.50. The van der Waals surface area contributed by atoms with Crippen molar-refractivity contribution >= 4 is 23.2 Å². The van der Waals surface area contributed by atoms with Crippen LogP contribution in [0.3, 0.4) is 0 Å². The molecule has 1 nitrogen and oxygen atoms in total. The molecule has 1 aromatic carbocycles. The summed E-state index contributed by atoms with van der Waals surface area (Å²) in [5.74, 6) is 1.41. The predicted molar refractivity (Wildman–Crippen MR) is 86.8 cm³/mol. The Morgan fingerprint density at radius 2 is 1.95 bits per heavy atom. The quantitative estimate of drug-likeness (QED) is 0.710. The molecule has 0 bridgehead atoms. The van der Waals surface area contributed by atoms with Crippen LogP contribution in [0.1, 0.15) is 50.5 Å². The maximum Gasteiger partial charge on any atom is 0.0595 e. The SMILES string of the molecule is CCC1CCN2CCCCC2C1c1ccc(Cl)c(Cl)c1. The third kappa shape index (κ3) is 2.73. The van der Waals surface area contributed by atoms with Crippen molar-refractivity contribution in [2.75, 3.05) is 13.1 Å². The Hall–Kier alpha value is -0.240. The van der Waals surface area contributed by atoms with E-state index in [1.165, 1.54) is 50.8 Å². The van der Waals surface area contributed by atoms with Crippen molar-refractivity contribution in [3.05, 3.63) is 33.8 Å². The van der Waals surface area contributed by atoms with Gasteiger partial charge in [-0.3, -0.25) is 4.90 Å². The monoisotopic (exact) mass is 311 g/mol. The first-order valence-corrected chi connectivity index (χ1v) is 8.65. The highest BCUT2D eigenvalue weighted by Crippen LogP contribution is 2.43. The van der Waals surface area contributed by atoms with Gasteiger partial charge in [-0.15, -0.1) is 0 Å². The van der Waals surface area contributed by atoms with E-state index in [1.807, 2.05) is 6.07 Å². The molecule has 2 heterocycles. The summed E-state index contributed by atoms with van der Waals surface area (Å²) in [6.07, 6.45) is 6.64. The van der Waals surface area contributed by atoms with E-state index < -0.39 is 0 Å². The normalized spacial score (nSPS) is 31.1.